The molecule has 0 unspecified atom stereocenters. The van der Waals surface area contributed by atoms with Gasteiger partial charge in [-0.15, -0.1) is 0 Å². The van der Waals surface area contributed by atoms with Gasteiger partial charge in [0.2, 0.25) is 5.91 Å². The maximum atomic E-state index is 13.7. The number of para-hydroxylation sites is 2. The monoisotopic (exact) mass is 573 g/mol. The average molecular weight is 574 g/mol. The molecule has 39 heavy (non-hydrogen) atoms. The molecule has 1 saturated heterocycles. The quantitative estimate of drug-likeness (QED) is 0.208. The first-order valence-electron chi connectivity index (χ1n) is 11.9. The van der Waals surface area contributed by atoms with E-state index in [-0.39, 0.29) is 22.9 Å². The van der Waals surface area contributed by atoms with Crippen molar-refractivity contribution in [3.63, 3.8) is 0 Å². The molecule has 0 bridgehead atoms. The highest BCUT2D eigenvalue weighted by atomic mass is 35.5. The second kappa shape index (κ2) is 11.4. The summed E-state index contributed by atoms with van der Waals surface area (Å²) in [5, 5.41) is 17.8. The minimum Gasteiger partial charge on any atom is -0.306 e. The van der Waals surface area contributed by atoms with Crippen LogP contribution in [0.3, 0.4) is 0 Å². The molecule has 4 aromatic rings. The van der Waals surface area contributed by atoms with Gasteiger partial charge in [0.25, 0.3) is 5.91 Å². The molecule has 3 aromatic carbocycles. The Balaban J connectivity index is 1.53. The lowest BCUT2D eigenvalue weighted by Crippen LogP contribution is -2.31. The molecular formula is C29H21Cl2N5O2S. The van der Waals surface area contributed by atoms with Crippen LogP contribution in [-0.4, -0.2) is 26.8 Å². The Kier molecular flexibility index (Phi) is 7.75. The number of carbonyl (C=O) groups is 2. The van der Waals surface area contributed by atoms with Crippen LogP contribution in [0.5, 0.6) is 0 Å². The van der Waals surface area contributed by atoms with E-state index < -0.39 is 11.2 Å². The van der Waals surface area contributed by atoms with E-state index in [4.69, 9.17) is 23.2 Å². The van der Waals surface area contributed by atoms with Crippen molar-refractivity contribution in [1.29, 1.82) is 5.26 Å². The van der Waals surface area contributed by atoms with Gasteiger partial charge in [-0.2, -0.15) is 10.4 Å². The highest BCUT2D eigenvalue weighted by Gasteiger charge is 2.41. The maximum Gasteiger partial charge on any atom is 0.270 e. The largest absolute Gasteiger partial charge is 0.306 e. The summed E-state index contributed by atoms with van der Waals surface area (Å²) in [5.41, 5.74) is 2.51. The molecule has 0 aliphatic carbocycles. The van der Waals surface area contributed by atoms with Crippen LogP contribution >= 0.6 is 35.0 Å². The van der Waals surface area contributed by atoms with Crippen molar-refractivity contribution in [3.05, 3.63) is 117 Å². The Labute approximate surface area is 239 Å². The number of amides is 2. The van der Waals surface area contributed by atoms with Crippen LogP contribution in [0.1, 0.15) is 11.3 Å². The highest BCUT2D eigenvalue weighted by Crippen LogP contribution is 2.43. The summed E-state index contributed by atoms with van der Waals surface area (Å²) >= 11 is 13.8. The lowest BCUT2D eigenvalue weighted by Gasteiger charge is -2.18. The van der Waals surface area contributed by atoms with E-state index in [9.17, 15) is 14.9 Å². The molecule has 1 atom stereocenters. The Bertz CT molecular complexity index is 1630. The molecule has 5 rings (SSSR count). The third-order valence-electron chi connectivity index (χ3n) is 6.03. The number of carbonyl (C=O) groups excluding carboxylic acids is 2. The number of aryl methyl sites for hydroxylation is 1. The molecule has 0 spiro atoms. The number of nitrogens with one attached hydrogen (secondary N) is 1. The summed E-state index contributed by atoms with van der Waals surface area (Å²) in [7, 11) is 0. The van der Waals surface area contributed by atoms with Gasteiger partial charge in [0, 0.05) is 11.8 Å². The first-order chi connectivity index (χ1) is 18.9. The second-order valence-electron chi connectivity index (χ2n) is 8.70. The van der Waals surface area contributed by atoms with Gasteiger partial charge >= 0.3 is 0 Å². The molecule has 1 aliphatic rings. The van der Waals surface area contributed by atoms with Gasteiger partial charge in [-0.1, -0.05) is 83.5 Å². The molecule has 1 N–H and O–H groups in total. The molecule has 194 valence electrons. The number of halogens is 2. The predicted molar refractivity (Wildman–Crippen MR) is 155 cm³/mol. The van der Waals surface area contributed by atoms with Crippen molar-refractivity contribution in [2.24, 2.45) is 0 Å². The number of anilines is 2. The van der Waals surface area contributed by atoms with Gasteiger partial charge in [0.15, 0.2) is 0 Å². The maximum absolute atomic E-state index is 13.7. The van der Waals surface area contributed by atoms with Crippen LogP contribution in [0.25, 0.3) is 5.69 Å². The van der Waals surface area contributed by atoms with Gasteiger partial charge < -0.3 is 5.32 Å². The summed E-state index contributed by atoms with van der Waals surface area (Å²) < 4.78 is 1.60. The number of aromatic nitrogens is 2. The number of hydrogen-bond donors (Lipinski definition) is 1. The van der Waals surface area contributed by atoms with Crippen LogP contribution < -0.4 is 10.2 Å². The summed E-state index contributed by atoms with van der Waals surface area (Å²) in [6, 6.07) is 27.3. The van der Waals surface area contributed by atoms with Crippen molar-refractivity contribution in [2.75, 3.05) is 10.2 Å². The van der Waals surface area contributed by atoms with E-state index in [1.165, 1.54) is 4.90 Å². The first kappa shape index (κ1) is 26.6. The number of nitrogens with zero attached hydrogens (tertiary/aromatic N) is 4. The molecule has 0 saturated carbocycles. The van der Waals surface area contributed by atoms with Gasteiger partial charge in [-0.05, 0) is 49.2 Å². The van der Waals surface area contributed by atoms with Crippen LogP contribution in [0.4, 0.5) is 11.5 Å². The van der Waals surface area contributed by atoms with E-state index in [0.29, 0.717) is 32.8 Å². The standard InChI is InChI=1S/C29H21Cl2N5O2S/c1-18-15-25(36(34-18)21-12-6-3-7-13-21)33-27(37)22(17-32)29-35(20-10-4-2-5-11-20)28(38)24(39-29)16-19-9-8-14-23(30)26(19)31/h2-15,24H,16H2,1H3,(H,33,37)/b29-22-/t24-/m1/s1. The number of thioether (sulfide) groups is 1. The molecule has 1 fully saturated rings. The zero-order valence-corrected chi connectivity index (χ0v) is 23.0. The molecule has 7 nitrogen and oxygen atoms in total. The molecule has 0 radical (unpaired) electrons. The van der Waals surface area contributed by atoms with Crippen molar-refractivity contribution >= 4 is 58.3 Å². The van der Waals surface area contributed by atoms with Crippen LogP contribution in [0.15, 0.2) is 95.5 Å². The van der Waals surface area contributed by atoms with E-state index in [0.717, 1.165) is 17.4 Å². The van der Waals surface area contributed by atoms with Crippen LogP contribution in [0, 0.1) is 18.3 Å². The fraction of sp³-hybridized carbons (Fsp3) is 0.103. The summed E-state index contributed by atoms with van der Waals surface area (Å²) in [6.07, 6.45) is 0.274. The molecule has 1 aromatic heterocycles. The smallest absolute Gasteiger partial charge is 0.270 e. The topological polar surface area (TPSA) is 91.0 Å². The Morgan fingerprint density at radius 2 is 1.69 bits per heavy atom. The summed E-state index contributed by atoms with van der Waals surface area (Å²) in [6.45, 7) is 1.81. The summed E-state index contributed by atoms with van der Waals surface area (Å²) in [5.74, 6) is -0.505. The zero-order chi connectivity index (χ0) is 27.5. The number of hydrogen-bond acceptors (Lipinski definition) is 5. The fourth-order valence-electron chi connectivity index (χ4n) is 4.24. The van der Waals surface area contributed by atoms with E-state index in [2.05, 4.69) is 10.4 Å². The third kappa shape index (κ3) is 5.43. The fourth-order valence-corrected chi connectivity index (χ4v) is 5.93. The lowest BCUT2D eigenvalue weighted by atomic mass is 10.1. The number of nitriles is 1. The Morgan fingerprint density at radius 3 is 2.36 bits per heavy atom. The molecule has 2 heterocycles. The minimum atomic E-state index is -0.646. The highest BCUT2D eigenvalue weighted by molar-refractivity contribution is 8.05. The average Bonchev–Trinajstić information content (AvgIpc) is 3.46. The Hall–Kier alpha value is -4.03. The van der Waals surface area contributed by atoms with Crippen LogP contribution in [-0.2, 0) is 16.0 Å². The first-order valence-corrected chi connectivity index (χ1v) is 13.6. The zero-order valence-electron chi connectivity index (χ0n) is 20.6. The van der Waals surface area contributed by atoms with Gasteiger partial charge in [0.1, 0.15) is 22.5 Å². The van der Waals surface area contributed by atoms with Crippen molar-refractivity contribution in [2.45, 2.75) is 18.6 Å². The second-order valence-corrected chi connectivity index (χ2v) is 10.7. The van der Waals surface area contributed by atoms with Crippen molar-refractivity contribution in [1.82, 2.24) is 9.78 Å². The number of rotatable bonds is 6. The van der Waals surface area contributed by atoms with Gasteiger partial charge in [-0.3, -0.25) is 14.5 Å². The SMILES string of the molecule is Cc1cc(NC(=O)/C(C#N)=C2\S[C@H](Cc3cccc(Cl)c3Cl)C(=O)N2c2ccccc2)n(-c2ccccc2)n1. The number of benzene rings is 3. The minimum absolute atomic E-state index is 0.185. The van der Waals surface area contributed by atoms with Crippen LogP contribution in [0.2, 0.25) is 10.0 Å². The Morgan fingerprint density at radius 1 is 1.03 bits per heavy atom. The van der Waals surface area contributed by atoms with E-state index >= 15 is 0 Å². The van der Waals surface area contributed by atoms with E-state index in [1.54, 1.807) is 47.1 Å². The molecule has 1 aliphatic heterocycles. The summed E-state index contributed by atoms with van der Waals surface area (Å²) in [4.78, 5) is 28.7. The normalized spacial score (nSPS) is 16.2. The van der Waals surface area contributed by atoms with E-state index in [1.807, 2.05) is 55.5 Å². The van der Waals surface area contributed by atoms with Crippen molar-refractivity contribution < 1.29 is 9.59 Å². The van der Waals surface area contributed by atoms with Crippen molar-refractivity contribution in [3.8, 4) is 11.8 Å². The molecule has 2 amide bonds. The van der Waals surface area contributed by atoms with Gasteiger partial charge in [0.05, 0.1) is 26.7 Å². The molecule has 10 heteroatoms. The molecular weight excluding hydrogens is 553 g/mol. The lowest BCUT2D eigenvalue weighted by molar-refractivity contribution is -0.117. The third-order valence-corrected chi connectivity index (χ3v) is 8.15. The van der Waals surface area contributed by atoms with Gasteiger partial charge in [-0.25, -0.2) is 4.68 Å². The predicted octanol–water partition coefficient (Wildman–Crippen LogP) is 6.55.